The molecule has 5 aromatic rings. The van der Waals surface area contributed by atoms with E-state index in [2.05, 4.69) is 10.3 Å². The van der Waals surface area contributed by atoms with Crippen LogP contribution < -0.4 is 15.8 Å². The number of rotatable bonds is 7. The summed E-state index contributed by atoms with van der Waals surface area (Å²) in [7, 11) is 0. The molecule has 0 bridgehead atoms. The van der Waals surface area contributed by atoms with Gasteiger partial charge in [-0.05, 0) is 48.9 Å². The predicted molar refractivity (Wildman–Crippen MR) is 138 cm³/mol. The van der Waals surface area contributed by atoms with Gasteiger partial charge in [0.2, 0.25) is 0 Å². The molecule has 0 spiro atoms. The Morgan fingerprint density at radius 3 is 2.64 bits per heavy atom. The molecule has 0 aliphatic carbocycles. The number of amides is 2. The van der Waals surface area contributed by atoms with Crippen LogP contribution in [-0.4, -0.2) is 16.8 Å². The Morgan fingerprint density at radius 1 is 1.18 bits per heavy atom. The van der Waals surface area contributed by atoms with Crippen LogP contribution in [-0.2, 0) is 12.8 Å². The molecule has 13 heteroatoms. The first-order valence-electron chi connectivity index (χ1n) is 11.2. The summed E-state index contributed by atoms with van der Waals surface area (Å²) in [6, 6.07) is 11.9. The molecule has 0 unspecified atom stereocenters. The lowest BCUT2D eigenvalue weighted by atomic mass is 10.1. The van der Waals surface area contributed by atoms with Crippen LogP contribution in [0, 0.1) is 6.92 Å². The summed E-state index contributed by atoms with van der Waals surface area (Å²) >= 11 is 6.79. The smallest absolute Gasteiger partial charge is 0.433 e. The Hall–Kier alpha value is -4.29. The number of nitrogens with zero attached hydrogens (tertiary/aromatic N) is 1. The van der Waals surface area contributed by atoms with Crippen molar-refractivity contribution >= 4 is 50.7 Å². The molecule has 2 amide bonds. The van der Waals surface area contributed by atoms with Crippen molar-refractivity contribution in [2.24, 2.45) is 5.73 Å². The van der Waals surface area contributed by atoms with Gasteiger partial charge in [-0.3, -0.25) is 9.59 Å². The van der Waals surface area contributed by atoms with E-state index in [0.717, 1.165) is 11.6 Å². The van der Waals surface area contributed by atoms with E-state index < -0.39 is 23.7 Å². The number of hydrogen-bond donors (Lipinski definition) is 2. The van der Waals surface area contributed by atoms with E-state index in [4.69, 9.17) is 30.9 Å². The number of carbonyl (C=O) groups is 2. The molecule has 4 heterocycles. The van der Waals surface area contributed by atoms with Crippen LogP contribution in [0.4, 0.5) is 18.9 Å². The highest BCUT2D eigenvalue weighted by molar-refractivity contribution is 7.21. The molecule has 5 rings (SSSR count). The van der Waals surface area contributed by atoms with E-state index in [0.29, 0.717) is 27.9 Å². The third-order valence-electron chi connectivity index (χ3n) is 5.61. The highest BCUT2D eigenvalue weighted by Crippen LogP contribution is 2.44. The minimum atomic E-state index is -4.77. The normalized spacial score (nSPS) is 11.6. The van der Waals surface area contributed by atoms with Crippen LogP contribution in [0.1, 0.15) is 37.2 Å². The molecular weight excluding hydrogens is 559 g/mol. The topological polar surface area (TPSA) is 121 Å². The molecule has 0 radical (unpaired) electrons. The number of halogens is 4. The van der Waals surface area contributed by atoms with Gasteiger partial charge in [-0.1, -0.05) is 23.7 Å². The fourth-order valence-electron chi connectivity index (χ4n) is 3.86. The van der Waals surface area contributed by atoms with Crippen molar-refractivity contribution in [3.8, 4) is 17.1 Å². The summed E-state index contributed by atoms with van der Waals surface area (Å²) in [6.45, 7) is 1.80. The van der Waals surface area contributed by atoms with Gasteiger partial charge in [0.15, 0.2) is 5.76 Å². The predicted octanol–water partition coefficient (Wildman–Crippen LogP) is 7.06. The number of nitrogens with two attached hydrogens (primary N) is 1. The Bertz CT molecular complexity index is 1690. The zero-order valence-electron chi connectivity index (χ0n) is 19.9. The van der Waals surface area contributed by atoms with Crippen molar-refractivity contribution in [3.05, 3.63) is 87.5 Å². The fraction of sp³-hybridized carbons (Fsp3) is 0.115. The van der Waals surface area contributed by atoms with E-state index in [1.54, 1.807) is 12.1 Å². The number of carbonyl (C=O) groups excluding carboxylic acids is 2. The lowest BCUT2D eigenvalue weighted by Crippen LogP contribution is -2.16. The zero-order chi connectivity index (χ0) is 27.9. The van der Waals surface area contributed by atoms with Crippen molar-refractivity contribution in [3.63, 3.8) is 0 Å². The van der Waals surface area contributed by atoms with Crippen LogP contribution in [0.25, 0.3) is 21.5 Å². The van der Waals surface area contributed by atoms with Crippen molar-refractivity contribution in [2.45, 2.75) is 19.7 Å². The van der Waals surface area contributed by atoms with Gasteiger partial charge in [0.1, 0.15) is 39.3 Å². The van der Waals surface area contributed by atoms with Crippen LogP contribution in [0.3, 0.4) is 0 Å². The number of pyridine rings is 1. The van der Waals surface area contributed by atoms with E-state index in [-0.39, 0.29) is 44.5 Å². The summed E-state index contributed by atoms with van der Waals surface area (Å²) in [5.74, 6) is -1.03. The molecule has 8 nitrogen and oxygen atoms in total. The van der Waals surface area contributed by atoms with Crippen LogP contribution in [0.5, 0.6) is 5.75 Å². The number of ether oxygens (including phenoxy) is 1. The van der Waals surface area contributed by atoms with Gasteiger partial charge in [-0.25, -0.2) is 4.98 Å². The number of benzene rings is 1. The number of alkyl halides is 3. The Labute approximate surface area is 227 Å². The number of thiophene rings is 1. The number of fused-ring (bicyclic) bond motifs is 1. The van der Waals surface area contributed by atoms with Crippen LogP contribution >= 0.6 is 22.9 Å². The fourth-order valence-corrected chi connectivity index (χ4v) is 5.14. The molecule has 0 saturated carbocycles. The van der Waals surface area contributed by atoms with Crippen LogP contribution in [0.2, 0.25) is 5.02 Å². The lowest BCUT2D eigenvalue weighted by Gasteiger charge is -2.10. The molecule has 39 heavy (non-hydrogen) atoms. The van der Waals surface area contributed by atoms with Gasteiger partial charge >= 0.3 is 6.18 Å². The second-order valence-electron chi connectivity index (χ2n) is 8.28. The summed E-state index contributed by atoms with van der Waals surface area (Å²) in [6.07, 6.45) is -3.49. The van der Waals surface area contributed by atoms with E-state index >= 15 is 0 Å². The largest absolute Gasteiger partial charge is 0.484 e. The maximum absolute atomic E-state index is 13.6. The van der Waals surface area contributed by atoms with Gasteiger partial charge in [0, 0.05) is 10.9 Å². The minimum absolute atomic E-state index is 0.0278. The summed E-state index contributed by atoms with van der Waals surface area (Å²) in [4.78, 5) is 28.7. The number of anilines is 1. The molecule has 0 saturated heterocycles. The first kappa shape index (κ1) is 26.3. The van der Waals surface area contributed by atoms with E-state index in [1.807, 2.05) is 13.0 Å². The number of para-hydroxylation sites is 1. The third kappa shape index (κ3) is 5.20. The highest BCUT2D eigenvalue weighted by atomic mass is 35.5. The van der Waals surface area contributed by atoms with E-state index in [1.165, 1.54) is 30.5 Å². The van der Waals surface area contributed by atoms with Gasteiger partial charge in [0.05, 0.1) is 17.0 Å². The quantitative estimate of drug-likeness (QED) is 0.214. The van der Waals surface area contributed by atoms with Crippen molar-refractivity contribution in [2.75, 3.05) is 5.32 Å². The Morgan fingerprint density at radius 2 is 1.97 bits per heavy atom. The lowest BCUT2D eigenvalue weighted by molar-refractivity contribution is -0.140. The van der Waals surface area contributed by atoms with Gasteiger partial charge < -0.3 is 24.6 Å². The number of nitrogens with one attached hydrogen (secondary N) is 1. The molecule has 0 fully saturated rings. The first-order chi connectivity index (χ1) is 18.5. The third-order valence-corrected chi connectivity index (χ3v) is 7.01. The second kappa shape index (κ2) is 10.1. The van der Waals surface area contributed by atoms with Crippen molar-refractivity contribution in [1.29, 1.82) is 0 Å². The molecule has 0 aliphatic rings. The van der Waals surface area contributed by atoms with E-state index in [9.17, 15) is 22.8 Å². The van der Waals surface area contributed by atoms with Gasteiger partial charge in [-0.2, -0.15) is 13.2 Å². The number of aryl methyl sites for hydroxylation is 1. The molecule has 0 aliphatic heterocycles. The number of furan rings is 2. The maximum atomic E-state index is 13.6. The van der Waals surface area contributed by atoms with Gasteiger partial charge in [0.25, 0.3) is 11.8 Å². The monoisotopic (exact) mass is 575 g/mol. The molecule has 0 atom stereocenters. The number of primary amides is 1. The zero-order valence-corrected chi connectivity index (χ0v) is 21.5. The summed E-state index contributed by atoms with van der Waals surface area (Å²) < 4.78 is 57.4. The molecular formula is C26H17ClF3N3O5S. The minimum Gasteiger partial charge on any atom is -0.484 e. The second-order valence-corrected chi connectivity index (χ2v) is 9.68. The van der Waals surface area contributed by atoms with Crippen LogP contribution in [0.15, 0.2) is 63.6 Å². The maximum Gasteiger partial charge on any atom is 0.433 e. The average molecular weight is 576 g/mol. The molecule has 3 N–H and O–H groups in total. The van der Waals surface area contributed by atoms with Crippen molar-refractivity contribution < 1.29 is 36.3 Å². The molecule has 4 aromatic heterocycles. The van der Waals surface area contributed by atoms with Crippen molar-refractivity contribution in [1.82, 2.24) is 4.98 Å². The average Bonchev–Trinajstić information content (AvgIpc) is 3.63. The first-order valence-corrected chi connectivity index (χ1v) is 12.4. The highest BCUT2D eigenvalue weighted by Gasteiger charge is 2.35. The van der Waals surface area contributed by atoms with Gasteiger partial charge in [-0.15, -0.1) is 11.3 Å². The summed E-state index contributed by atoms with van der Waals surface area (Å²) in [5, 5.41) is 3.03. The number of hydrogen-bond acceptors (Lipinski definition) is 7. The molecule has 200 valence electrons. The SMILES string of the molecule is Cc1cccc(Cl)c1OCc1ccc(C(=O)Nc2c(C(N)=O)sc3nc(C(F)(F)F)cc(-c4ccco4)c23)o1. The Kier molecular flexibility index (Phi) is 6.83. The summed E-state index contributed by atoms with van der Waals surface area (Å²) in [5.41, 5.74) is 4.98. The number of aromatic nitrogens is 1. The molecule has 1 aromatic carbocycles. The Balaban J connectivity index is 1.49. The standard InChI is InChI=1S/C26H17ClF3N3O5S/c1-12-4-2-5-15(27)21(12)37-11-13-7-8-17(38-13)24(35)33-20-19-14(16-6-3-9-36-16)10-18(26(28,29)30)32-25(19)39-22(20)23(31)34/h2-10H,11H2,1H3,(H2,31,34)(H,33,35).